The highest BCUT2D eigenvalue weighted by Gasteiger charge is 2.45. The molecule has 2 rings (SSSR count). The van der Waals surface area contributed by atoms with Crippen molar-refractivity contribution in [3.63, 3.8) is 0 Å². The van der Waals surface area contributed by atoms with E-state index in [0.717, 1.165) is 4.75 Å². The third-order valence-corrected chi connectivity index (χ3v) is 3.21. The molecular weight excluding hydrogens is 106 g/mol. The number of hydrogen-bond acceptors (Lipinski definition) is 2. The third kappa shape index (κ3) is 0.572. The predicted octanol–water partition coefficient (Wildman–Crippen LogP) is 0.465. The van der Waals surface area contributed by atoms with E-state index in [9.17, 15) is 0 Å². The Bertz CT molecular complexity index is 80.1. The van der Waals surface area contributed by atoms with Crippen molar-refractivity contribution in [3.05, 3.63) is 0 Å². The molecule has 2 heteroatoms. The van der Waals surface area contributed by atoms with Gasteiger partial charge in [-0.1, -0.05) is 0 Å². The highest BCUT2D eigenvalue weighted by Crippen LogP contribution is 2.48. The molecule has 2 heterocycles. The Balaban J connectivity index is 2.07. The number of rotatable bonds is 0. The van der Waals surface area contributed by atoms with E-state index in [4.69, 9.17) is 0 Å². The summed E-state index contributed by atoms with van der Waals surface area (Å²) in [7, 11) is 0. The first kappa shape index (κ1) is 4.21. The van der Waals surface area contributed by atoms with Crippen LogP contribution in [0.15, 0.2) is 0 Å². The Morgan fingerprint density at radius 1 is 1.57 bits per heavy atom. The second kappa shape index (κ2) is 1.17. The van der Waals surface area contributed by atoms with Crippen molar-refractivity contribution >= 4 is 11.8 Å². The maximum Gasteiger partial charge on any atom is 0.0387 e. The van der Waals surface area contributed by atoms with E-state index in [1.54, 1.807) is 0 Å². The average molecular weight is 115 g/mol. The van der Waals surface area contributed by atoms with Crippen LogP contribution in [0.1, 0.15) is 6.42 Å². The zero-order valence-electron chi connectivity index (χ0n) is 4.24. The quantitative estimate of drug-likeness (QED) is 0.460. The second-order valence-corrected chi connectivity index (χ2v) is 3.84. The fourth-order valence-corrected chi connectivity index (χ4v) is 1.97. The molecule has 0 aromatic heterocycles. The second-order valence-electron chi connectivity index (χ2n) is 2.40. The SMILES string of the molecule is C1CC2(CN1)CS2. The molecule has 1 spiro atoms. The van der Waals surface area contributed by atoms with E-state index in [1.165, 1.54) is 25.3 Å². The highest BCUT2D eigenvalue weighted by molar-refractivity contribution is 8.07. The molecule has 2 fully saturated rings. The van der Waals surface area contributed by atoms with Gasteiger partial charge in [-0.3, -0.25) is 0 Å². The van der Waals surface area contributed by atoms with Crippen LogP contribution < -0.4 is 5.32 Å². The van der Waals surface area contributed by atoms with Crippen LogP contribution in [0.25, 0.3) is 0 Å². The fourth-order valence-electron chi connectivity index (χ4n) is 1.07. The van der Waals surface area contributed by atoms with E-state index in [2.05, 4.69) is 17.1 Å². The number of hydrogen-bond donors (Lipinski definition) is 1. The molecule has 1 unspecified atom stereocenters. The summed E-state index contributed by atoms with van der Waals surface area (Å²) in [5, 5.41) is 3.35. The molecule has 0 amide bonds. The van der Waals surface area contributed by atoms with Crippen molar-refractivity contribution in [1.82, 2.24) is 5.32 Å². The van der Waals surface area contributed by atoms with Crippen LogP contribution in [0.3, 0.4) is 0 Å². The molecule has 2 aliphatic rings. The molecule has 0 aromatic rings. The molecule has 1 N–H and O–H groups in total. The van der Waals surface area contributed by atoms with Crippen LogP contribution in [-0.2, 0) is 0 Å². The number of thioether (sulfide) groups is 1. The normalized spacial score (nSPS) is 48.0. The van der Waals surface area contributed by atoms with E-state index < -0.39 is 0 Å². The molecule has 7 heavy (non-hydrogen) atoms. The molecule has 1 nitrogen and oxygen atoms in total. The van der Waals surface area contributed by atoms with Crippen molar-refractivity contribution in [1.29, 1.82) is 0 Å². The lowest BCUT2D eigenvalue weighted by Crippen LogP contribution is -2.13. The molecule has 0 saturated carbocycles. The summed E-state index contributed by atoms with van der Waals surface area (Å²) in [6, 6.07) is 0. The van der Waals surface area contributed by atoms with Gasteiger partial charge >= 0.3 is 0 Å². The van der Waals surface area contributed by atoms with Crippen LogP contribution in [0.4, 0.5) is 0 Å². The summed E-state index contributed by atoms with van der Waals surface area (Å²) in [6.45, 7) is 2.53. The summed E-state index contributed by atoms with van der Waals surface area (Å²) in [4.78, 5) is 0. The molecule has 1 atom stereocenters. The minimum Gasteiger partial charge on any atom is -0.315 e. The van der Waals surface area contributed by atoms with Crippen LogP contribution in [-0.4, -0.2) is 23.6 Å². The van der Waals surface area contributed by atoms with Crippen molar-refractivity contribution in [2.75, 3.05) is 18.8 Å². The minimum absolute atomic E-state index is 0.750. The molecule has 0 aliphatic carbocycles. The zero-order valence-corrected chi connectivity index (χ0v) is 5.05. The highest BCUT2D eigenvalue weighted by atomic mass is 32.2. The smallest absolute Gasteiger partial charge is 0.0387 e. The summed E-state index contributed by atoms with van der Waals surface area (Å²) in [5.41, 5.74) is 0. The van der Waals surface area contributed by atoms with Crippen molar-refractivity contribution in [2.45, 2.75) is 11.2 Å². The van der Waals surface area contributed by atoms with Crippen LogP contribution in [0.2, 0.25) is 0 Å². The van der Waals surface area contributed by atoms with Gasteiger partial charge in [0.25, 0.3) is 0 Å². The van der Waals surface area contributed by atoms with E-state index in [0.29, 0.717) is 0 Å². The van der Waals surface area contributed by atoms with Gasteiger partial charge in [-0.2, -0.15) is 11.8 Å². The van der Waals surface area contributed by atoms with Crippen LogP contribution >= 0.6 is 11.8 Å². The Morgan fingerprint density at radius 3 is 2.71 bits per heavy atom. The lowest BCUT2D eigenvalue weighted by Gasteiger charge is -1.94. The predicted molar refractivity (Wildman–Crippen MR) is 32.7 cm³/mol. The monoisotopic (exact) mass is 115 g/mol. The van der Waals surface area contributed by atoms with Crippen molar-refractivity contribution in [3.8, 4) is 0 Å². The van der Waals surface area contributed by atoms with Gasteiger partial charge in [-0.25, -0.2) is 0 Å². The van der Waals surface area contributed by atoms with Gasteiger partial charge in [0.05, 0.1) is 0 Å². The zero-order chi connectivity index (χ0) is 4.74. The third-order valence-electron chi connectivity index (χ3n) is 1.76. The Labute approximate surface area is 47.9 Å². The maximum absolute atomic E-state index is 3.35. The molecule has 0 bridgehead atoms. The van der Waals surface area contributed by atoms with Gasteiger partial charge in [-0.05, 0) is 13.0 Å². The molecule has 0 aromatic carbocycles. The van der Waals surface area contributed by atoms with Gasteiger partial charge < -0.3 is 5.32 Å². The first-order valence-corrected chi connectivity index (χ1v) is 3.75. The van der Waals surface area contributed by atoms with E-state index >= 15 is 0 Å². The van der Waals surface area contributed by atoms with Gasteiger partial charge in [-0.15, -0.1) is 0 Å². The van der Waals surface area contributed by atoms with Crippen LogP contribution in [0.5, 0.6) is 0 Å². The molecule has 2 aliphatic heterocycles. The standard InChI is InChI=1S/C5H9NS/c1-2-6-3-5(1)4-7-5/h6H,1-4H2. The van der Waals surface area contributed by atoms with Gasteiger partial charge in [0.15, 0.2) is 0 Å². The van der Waals surface area contributed by atoms with E-state index in [-0.39, 0.29) is 0 Å². The minimum atomic E-state index is 0.750. The summed E-state index contributed by atoms with van der Waals surface area (Å²) >= 11 is 2.12. The topological polar surface area (TPSA) is 12.0 Å². The molecular formula is C5H9NS. The van der Waals surface area contributed by atoms with Gasteiger partial charge in [0.1, 0.15) is 0 Å². The van der Waals surface area contributed by atoms with E-state index in [1.807, 2.05) is 0 Å². The largest absolute Gasteiger partial charge is 0.315 e. The molecule has 2 saturated heterocycles. The Kier molecular flexibility index (Phi) is 0.707. The Morgan fingerprint density at radius 2 is 2.43 bits per heavy atom. The van der Waals surface area contributed by atoms with Crippen LogP contribution in [0, 0.1) is 0 Å². The molecule has 0 radical (unpaired) electrons. The lowest BCUT2D eigenvalue weighted by atomic mass is 10.2. The first-order valence-electron chi connectivity index (χ1n) is 2.76. The average Bonchev–Trinajstić information content (AvgIpc) is 2.15. The van der Waals surface area contributed by atoms with Gasteiger partial charge in [0, 0.05) is 17.0 Å². The van der Waals surface area contributed by atoms with Crippen molar-refractivity contribution < 1.29 is 0 Å². The summed E-state index contributed by atoms with van der Waals surface area (Å²) < 4.78 is 0.750. The Hall–Kier alpha value is 0.310. The summed E-state index contributed by atoms with van der Waals surface area (Å²) in [5.74, 6) is 1.42. The lowest BCUT2D eigenvalue weighted by molar-refractivity contribution is 0.792. The number of nitrogens with one attached hydrogen (secondary N) is 1. The fraction of sp³-hybridized carbons (Fsp3) is 1.00. The molecule has 40 valence electrons. The first-order chi connectivity index (χ1) is 3.41. The maximum atomic E-state index is 3.35. The summed E-state index contributed by atoms with van der Waals surface area (Å²) in [6.07, 6.45) is 1.41. The van der Waals surface area contributed by atoms with Gasteiger partial charge in [0.2, 0.25) is 0 Å². The van der Waals surface area contributed by atoms with Crippen molar-refractivity contribution in [2.24, 2.45) is 0 Å².